The molecule has 0 bridgehead atoms. The van der Waals surface area contributed by atoms with Gasteiger partial charge in [-0.25, -0.2) is 19.9 Å². The van der Waals surface area contributed by atoms with Crippen LogP contribution in [0.4, 0.5) is 227 Å². The Balaban J connectivity index is 0.906. The molecule has 734 valence electrons. The highest BCUT2D eigenvalue weighted by molar-refractivity contribution is 6.24. The first-order valence-corrected chi connectivity index (χ1v) is 35.2. The van der Waals surface area contributed by atoms with Crippen molar-refractivity contribution < 1.29 is 241 Å². The van der Waals surface area contributed by atoms with Gasteiger partial charge in [0.15, 0.2) is 13.2 Å². The second kappa shape index (κ2) is 32.8. The highest BCUT2D eigenvalue weighted by Gasteiger charge is 2.86. The molecule has 0 saturated heterocycles. The predicted molar refractivity (Wildman–Crippen MR) is 348 cm³/mol. The molecule has 134 heavy (non-hydrogen) atoms. The summed E-state index contributed by atoms with van der Waals surface area (Å²) in [5, 5.41) is 0. The molecule has 2 aromatic heterocycles. The third-order valence-electron chi connectivity index (χ3n) is 20.1. The summed E-state index contributed by atoms with van der Waals surface area (Å²) in [5.74, 6) is -129. The summed E-state index contributed by atoms with van der Waals surface area (Å²) >= 11 is 0. The molecule has 0 fully saturated rings. The van der Waals surface area contributed by atoms with Gasteiger partial charge in [0.05, 0.1) is 80.7 Å². The van der Waals surface area contributed by atoms with Gasteiger partial charge in [-0.3, -0.25) is 58.0 Å². The minimum Gasteiger partial charge on any atom is -0.457 e. The Morgan fingerprint density at radius 2 is 0.381 bits per heavy atom. The van der Waals surface area contributed by atoms with Gasteiger partial charge in [0, 0.05) is 74.6 Å². The van der Waals surface area contributed by atoms with Gasteiger partial charge in [-0.05, 0) is 72.8 Å². The van der Waals surface area contributed by atoms with Gasteiger partial charge in [-0.2, -0.15) is 193 Å². The second-order valence-corrected chi connectivity index (χ2v) is 28.6. The molecule has 0 spiro atoms. The van der Waals surface area contributed by atoms with Crippen LogP contribution >= 0.6 is 0 Å². The summed E-state index contributed by atoms with van der Waals surface area (Å²) in [5.41, 5.74) is -13.9. The number of carbonyl (C=O) groups excluding carboxylic acids is 8. The SMILES string of the molecule is O=C1c2ccc(N(c3cnc(OCC(F)(F)C(F)(F)C(F)(F)C(F)(F)COc4ncc(N(c5ccc6c(c5)C(=O)N(CCC(F)(F)C(F)(F)C(F)(F)C(F)(F)F)C6=O)c5ccc6c(c5)C(=O)N(CCC(F)(F)C(F)(F)C(F)(F)C(F)(F)F)C6=O)cn4)nc3)c3ccc4c(c3)C(=O)N(CCC(F)(F)C(F)(F)C(F)(F)C(F)(F)F)C4=O)cc2C(=O)N1CCC(F)(F)C(F)(F)C(F)(F)C(F)(F)F. The zero-order valence-corrected chi connectivity index (χ0v) is 63.5. The van der Waals surface area contributed by atoms with Gasteiger partial charge in [-0.1, -0.05) is 0 Å². The van der Waals surface area contributed by atoms with E-state index in [1.165, 1.54) is 0 Å². The molecule has 0 unspecified atom stereocenters. The van der Waals surface area contributed by atoms with Crippen LogP contribution in [0.3, 0.4) is 0 Å². The van der Waals surface area contributed by atoms with Gasteiger partial charge < -0.3 is 19.3 Å². The maximum Gasteiger partial charge on any atom is 0.460 e. The number of aromatic nitrogens is 4. The number of anilines is 6. The Kier molecular flexibility index (Phi) is 25.4. The first-order valence-electron chi connectivity index (χ1n) is 35.2. The van der Waals surface area contributed by atoms with Gasteiger partial charge >= 0.3 is 131 Å². The van der Waals surface area contributed by atoms with E-state index >= 15 is 35.1 Å². The van der Waals surface area contributed by atoms with Gasteiger partial charge in [0.25, 0.3) is 47.3 Å². The van der Waals surface area contributed by atoms with Crippen molar-refractivity contribution in [3.8, 4) is 12.0 Å². The van der Waals surface area contributed by atoms with E-state index in [2.05, 4.69) is 29.4 Å². The molecular weight excluding hydrogens is 1980 g/mol. The largest absolute Gasteiger partial charge is 0.460 e. The zero-order chi connectivity index (χ0) is 102. The number of halogens is 44. The van der Waals surface area contributed by atoms with Crippen LogP contribution in [0.2, 0.25) is 0 Å². The lowest BCUT2D eigenvalue weighted by molar-refractivity contribution is -0.396. The summed E-state index contributed by atoms with van der Waals surface area (Å²) in [4.78, 5) is 120. The molecule has 6 aromatic rings. The smallest absolute Gasteiger partial charge is 0.457 e. The summed E-state index contributed by atoms with van der Waals surface area (Å²) in [7, 11) is 0. The Labute approximate surface area is 709 Å². The van der Waals surface area contributed by atoms with Crippen LogP contribution in [0.1, 0.15) is 109 Å². The topological polar surface area (TPSA) is 226 Å². The first-order chi connectivity index (χ1) is 60.4. The number of nitrogens with zero attached hydrogens (tertiary/aromatic N) is 10. The maximum absolute atomic E-state index is 15.5. The number of alkyl halides is 44. The Bertz CT molecular complexity index is 5060. The van der Waals surface area contributed by atoms with Crippen LogP contribution in [0.25, 0.3) is 0 Å². The normalized spacial score (nSPS) is 16.1. The van der Waals surface area contributed by atoms with Gasteiger partial charge in [-0.15, -0.1) is 0 Å². The molecule has 10 rings (SSSR count). The van der Waals surface area contributed by atoms with Crippen LogP contribution in [0.5, 0.6) is 12.0 Å². The lowest BCUT2D eigenvalue weighted by atomic mass is 9.99. The highest BCUT2D eigenvalue weighted by atomic mass is 19.5. The van der Waals surface area contributed by atoms with Crippen LogP contribution in [-0.4, -0.2) is 246 Å². The molecule has 0 atom stereocenters. The molecular formula is C70H36F44N10O10. The lowest BCUT2D eigenvalue weighted by Gasteiger charge is -2.36. The predicted octanol–water partition coefficient (Wildman–Crippen LogP) is 20.0. The van der Waals surface area contributed by atoms with Crippen molar-refractivity contribution in [1.29, 1.82) is 0 Å². The van der Waals surface area contributed by atoms with Crippen molar-refractivity contribution in [1.82, 2.24) is 39.5 Å². The molecule has 0 radical (unpaired) electrons. The van der Waals surface area contributed by atoms with E-state index in [1.807, 2.05) is 0 Å². The lowest BCUT2D eigenvalue weighted by Crippen LogP contribution is -2.65. The number of fused-ring (bicyclic) bond motifs is 4. The molecule has 8 amide bonds. The Morgan fingerprint density at radius 1 is 0.216 bits per heavy atom. The van der Waals surface area contributed by atoms with Gasteiger partial charge in [0.2, 0.25) is 0 Å². The van der Waals surface area contributed by atoms with E-state index in [0.717, 1.165) is 0 Å². The fourth-order valence-electron chi connectivity index (χ4n) is 12.6. The molecule has 0 saturated carbocycles. The fourth-order valence-corrected chi connectivity index (χ4v) is 12.6. The number of imide groups is 4. The molecule has 6 heterocycles. The summed E-state index contributed by atoms with van der Waals surface area (Å²) < 4.78 is 627. The zero-order valence-electron chi connectivity index (χ0n) is 63.5. The Hall–Kier alpha value is -12.3. The number of amides is 8. The first kappa shape index (κ1) is 104. The summed E-state index contributed by atoms with van der Waals surface area (Å²) in [6.07, 6.45) is -40.3. The highest BCUT2D eigenvalue weighted by Crippen LogP contribution is 2.61. The molecule has 4 aromatic carbocycles. The monoisotopic (exact) mass is 2010 g/mol. The molecule has 0 N–H and O–H groups in total. The molecule has 20 nitrogen and oxygen atoms in total. The maximum atomic E-state index is 15.5. The van der Waals surface area contributed by atoms with Crippen molar-refractivity contribution in [3.05, 3.63) is 142 Å². The second-order valence-electron chi connectivity index (χ2n) is 28.6. The number of hydrogen-bond acceptors (Lipinski definition) is 16. The quantitative estimate of drug-likeness (QED) is 0.0266. The van der Waals surface area contributed by atoms with Crippen molar-refractivity contribution in [2.75, 3.05) is 49.2 Å². The van der Waals surface area contributed by atoms with Gasteiger partial charge in [0.1, 0.15) is 0 Å². The average Bonchev–Trinajstić information content (AvgIpc) is 1.08. The van der Waals surface area contributed by atoms with E-state index < -0.39 is 342 Å². The van der Waals surface area contributed by atoms with E-state index in [1.54, 1.807) is 0 Å². The van der Waals surface area contributed by atoms with Crippen LogP contribution in [-0.2, 0) is 0 Å². The van der Waals surface area contributed by atoms with E-state index in [0.29, 0.717) is 82.6 Å². The average molecular weight is 2010 g/mol. The molecule has 4 aliphatic heterocycles. The van der Waals surface area contributed by atoms with Crippen LogP contribution in [0.15, 0.2) is 97.6 Å². The van der Waals surface area contributed by atoms with Crippen molar-refractivity contribution in [2.45, 2.75) is 145 Å². The molecule has 4 aliphatic rings. The third kappa shape index (κ3) is 16.6. The van der Waals surface area contributed by atoms with E-state index in [9.17, 15) is 196 Å². The Morgan fingerprint density at radius 3 is 0.552 bits per heavy atom. The third-order valence-corrected chi connectivity index (χ3v) is 20.1. The fraction of sp³-hybridized carbons (Fsp3) is 0.429. The van der Waals surface area contributed by atoms with E-state index in [4.69, 9.17) is 0 Å². The van der Waals surface area contributed by atoms with Crippen molar-refractivity contribution in [2.24, 2.45) is 0 Å². The van der Waals surface area contributed by atoms with Crippen molar-refractivity contribution in [3.63, 3.8) is 0 Å². The minimum absolute atomic E-state index is 0.190. The summed E-state index contributed by atoms with van der Waals surface area (Å²) in [6, 6.07) is 2.14. The minimum atomic E-state index is -7.51. The number of hydrogen-bond donors (Lipinski definition) is 0. The van der Waals surface area contributed by atoms with E-state index in [-0.39, 0.29) is 24.8 Å². The van der Waals surface area contributed by atoms with Crippen LogP contribution in [0, 0.1) is 0 Å². The number of rotatable bonds is 35. The number of ether oxygens (including phenoxy) is 2. The standard InChI is InChI=1S/C70H36F44N10O10/c71-51(72,57(83,84)63(95,96)67(103,104)105)9-13-119-41(125)33-5-1-27(17-37(33)45(119)129)123(28-2-6-34-38(18-28)46(130)120(42(34)126)14-10-52(73,74)58(85,86)64(97,98)68(106,107)108)31-21-115-49(116-22-31)133-25-55(79,80)61(91,92)62(93,94)56(81,82)26-134-50-117-23-32(24-118-50)124(29-3-7-35-39(19-29)47(131)121(43(35)127)15-11-53(75,76)59(87,88)65(99,100)69(109,110)111)30-4-8-36-40(20-30)48(132)122(44(36)128)16-12-54(77,78)60(89,90)66(101,102)70(112,113)114/h1-8,17-24H,9-16,25-26H2. The molecule has 0 aliphatic carbocycles. The summed E-state index contributed by atoms with van der Waals surface area (Å²) in [6.45, 7) is -15.1. The number of carbonyl (C=O) groups is 8. The van der Waals surface area contributed by atoms with Crippen LogP contribution < -0.4 is 19.3 Å². The number of benzene rings is 4. The van der Waals surface area contributed by atoms with Crippen molar-refractivity contribution >= 4 is 81.4 Å². The molecule has 64 heteroatoms.